The number of carbonyl (C=O) groups is 1. The number of aliphatic carboxylic acids is 1. The Morgan fingerprint density at radius 1 is 1.32 bits per heavy atom. The Labute approximate surface area is 133 Å². The number of carboxylic acids is 1. The van der Waals surface area contributed by atoms with Crippen LogP contribution in [0.1, 0.15) is 6.92 Å². The maximum Gasteiger partial charge on any atom is 0.320 e. The van der Waals surface area contributed by atoms with Gasteiger partial charge in [0, 0.05) is 26.2 Å². The van der Waals surface area contributed by atoms with E-state index in [2.05, 4.69) is 0 Å². The zero-order valence-corrected chi connectivity index (χ0v) is 13.4. The summed E-state index contributed by atoms with van der Waals surface area (Å²) >= 11 is 5.63. The van der Waals surface area contributed by atoms with Gasteiger partial charge in [-0.05, 0) is 25.1 Å². The van der Waals surface area contributed by atoms with Crippen LogP contribution in [-0.2, 0) is 14.8 Å². The normalized spacial score (nSPS) is 19.0. The van der Waals surface area contributed by atoms with Crippen molar-refractivity contribution >= 4 is 27.6 Å². The molecule has 2 rings (SSSR count). The minimum Gasteiger partial charge on any atom is -0.480 e. The fourth-order valence-corrected chi connectivity index (χ4v) is 3.97. The maximum atomic E-state index is 13.1. The van der Waals surface area contributed by atoms with Gasteiger partial charge in [0.05, 0.1) is 9.92 Å². The molecule has 1 saturated heterocycles. The van der Waals surface area contributed by atoms with Gasteiger partial charge < -0.3 is 5.11 Å². The molecular weight excluding hydrogens is 335 g/mol. The van der Waals surface area contributed by atoms with Crippen molar-refractivity contribution in [2.24, 2.45) is 0 Å². The van der Waals surface area contributed by atoms with E-state index in [1.54, 1.807) is 11.8 Å². The van der Waals surface area contributed by atoms with Gasteiger partial charge in [0.2, 0.25) is 10.0 Å². The highest BCUT2D eigenvalue weighted by atomic mass is 35.5. The van der Waals surface area contributed by atoms with Crippen LogP contribution in [0.3, 0.4) is 0 Å². The first-order chi connectivity index (χ1) is 10.2. The number of benzene rings is 1. The molecule has 0 spiro atoms. The first-order valence-electron chi connectivity index (χ1n) is 6.65. The summed E-state index contributed by atoms with van der Waals surface area (Å²) in [6.07, 6.45) is 0. The van der Waals surface area contributed by atoms with E-state index in [0.29, 0.717) is 13.1 Å². The lowest BCUT2D eigenvalue weighted by atomic mass is 10.2. The topological polar surface area (TPSA) is 77.9 Å². The van der Waals surface area contributed by atoms with Gasteiger partial charge in [0.15, 0.2) is 0 Å². The number of piperazine rings is 1. The van der Waals surface area contributed by atoms with Gasteiger partial charge in [-0.1, -0.05) is 11.6 Å². The van der Waals surface area contributed by atoms with Gasteiger partial charge in [-0.2, -0.15) is 4.31 Å². The van der Waals surface area contributed by atoms with Crippen LogP contribution in [0, 0.1) is 5.82 Å². The molecule has 1 aliphatic rings. The highest BCUT2D eigenvalue weighted by Crippen LogP contribution is 2.23. The van der Waals surface area contributed by atoms with Crippen molar-refractivity contribution in [2.75, 3.05) is 26.2 Å². The predicted octanol–water partition coefficient (Wildman–Crippen LogP) is 1.26. The Hall–Kier alpha value is -1.22. The van der Waals surface area contributed by atoms with Gasteiger partial charge >= 0.3 is 5.97 Å². The van der Waals surface area contributed by atoms with Crippen LogP contribution in [0.2, 0.25) is 5.02 Å². The summed E-state index contributed by atoms with van der Waals surface area (Å²) in [6.45, 7) is 2.55. The van der Waals surface area contributed by atoms with Gasteiger partial charge in [0.25, 0.3) is 0 Å². The van der Waals surface area contributed by atoms with Gasteiger partial charge in [-0.25, -0.2) is 12.8 Å². The number of halogens is 2. The molecule has 1 atom stereocenters. The maximum absolute atomic E-state index is 13.1. The van der Waals surface area contributed by atoms with Gasteiger partial charge in [-0.3, -0.25) is 9.69 Å². The van der Waals surface area contributed by atoms with Crippen LogP contribution in [0.4, 0.5) is 4.39 Å². The molecule has 1 aromatic carbocycles. The van der Waals surface area contributed by atoms with Crippen LogP contribution in [0.15, 0.2) is 23.1 Å². The smallest absolute Gasteiger partial charge is 0.320 e. The standard InChI is InChI=1S/C13H16ClFN2O4S/c1-9(13(18)19)16-4-6-17(7-5-16)22(20,21)10-2-3-12(15)11(14)8-10/h2-3,8-9H,4-7H2,1H3,(H,18,19)/t9-/m0/s1. The Morgan fingerprint density at radius 2 is 1.91 bits per heavy atom. The molecule has 1 heterocycles. The number of sulfonamides is 1. The molecule has 22 heavy (non-hydrogen) atoms. The van der Waals surface area contributed by atoms with E-state index in [-0.39, 0.29) is 23.0 Å². The summed E-state index contributed by atoms with van der Waals surface area (Å²) in [5, 5.41) is 8.72. The van der Waals surface area contributed by atoms with E-state index < -0.39 is 27.9 Å². The molecule has 1 aliphatic heterocycles. The van der Waals surface area contributed by atoms with Crippen LogP contribution in [0.5, 0.6) is 0 Å². The molecule has 1 N–H and O–H groups in total. The first kappa shape index (κ1) is 17.1. The summed E-state index contributed by atoms with van der Waals surface area (Å²) in [5.74, 6) is -1.62. The second-order valence-electron chi connectivity index (χ2n) is 5.03. The van der Waals surface area contributed by atoms with Crippen LogP contribution in [0.25, 0.3) is 0 Å². The van der Waals surface area contributed by atoms with E-state index >= 15 is 0 Å². The lowest BCUT2D eigenvalue weighted by molar-refractivity contribution is -0.143. The number of carboxylic acid groups (broad SMARTS) is 1. The highest BCUT2D eigenvalue weighted by Gasteiger charge is 2.31. The second-order valence-corrected chi connectivity index (χ2v) is 7.38. The van der Waals surface area contributed by atoms with Crippen molar-refractivity contribution in [2.45, 2.75) is 17.9 Å². The second kappa shape index (κ2) is 6.49. The fourth-order valence-electron chi connectivity index (χ4n) is 2.27. The Bertz CT molecular complexity index is 675. The summed E-state index contributed by atoms with van der Waals surface area (Å²) in [6, 6.07) is 2.60. The third-order valence-corrected chi connectivity index (χ3v) is 5.89. The predicted molar refractivity (Wildman–Crippen MR) is 78.8 cm³/mol. The quantitative estimate of drug-likeness (QED) is 0.884. The molecule has 0 saturated carbocycles. The van der Waals surface area contributed by atoms with E-state index in [4.69, 9.17) is 16.7 Å². The van der Waals surface area contributed by atoms with Crippen molar-refractivity contribution in [3.63, 3.8) is 0 Å². The molecule has 0 unspecified atom stereocenters. The van der Waals surface area contributed by atoms with E-state index in [0.717, 1.165) is 12.1 Å². The summed E-state index contributed by atoms with van der Waals surface area (Å²) < 4.78 is 39.3. The first-order valence-corrected chi connectivity index (χ1v) is 8.47. The largest absolute Gasteiger partial charge is 0.480 e. The van der Waals surface area contributed by atoms with E-state index in [1.165, 1.54) is 10.4 Å². The molecule has 9 heteroatoms. The number of hydrogen-bond acceptors (Lipinski definition) is 4. The average molecular weight is 351 g/mol. The van der Waals surface area contributed by atoms with Crippen LogP contribution >= 0.6 is 11.6 Å². The zero-order chi connectivity index (χ0) is 16.5. The Morgan fingerprint density at radius 3 is 2.41 bits per heavy atom. The van der Waals surface area contributed by atoms with Crippen LogP contribution < -0.4 is 0 Å². The van der Waals surface area contributed by atoms with Crippen LogP contribution in [-0.4, -0.2) is 60.9 Å². The summed E-state index contributed by atoms with van der Waals surface area (Å²) in [7, 11) is -3.76. The monoisotopic (exact) mass is 350 g/mol. The van der Waals surface area contributed by atoms with Crippen molar-refractivity contribution in [3.8, 4) is 0 Å². The molecule has 0 aliphatic carbocycles. The molecular formula is C13H16ClFN2O4S. The zero-order valence-electron chi connectivity index (χ0n) is 11.9. The summed E-state index contributed by atoms with van der Waals surface area (Å²) in [4.78, 5) is 12.6. The summed E-state index contributed by atoms with van der Waals surface area (Å²) in [5.41, 5.74) is 0. The van der Waals surface area contributed by atoms with E-state index in [1.807, 2.05) is 0 Å². The van der Waals surface area contributed by atoms with Gasteiger partial charge in [-0.15, -0.1) is 0 Å². The molecule has 0 radical (unpaired) electrons. The lowest BCUT2D eigenvalue weighted by Gasteiger charge is -2.35. The average Bonchev–Trinajstić information content (AvgIpc) is 2.49. The van der Waals surface area contributed by atoms with E-state index in [9.17, 15) is 17.6 Å². The molecule has 0 bridgehead atoms. The Kier molecular flexibility index (Phi) is 5.06. The van der Waals surface area contributed by atoms with Crippen molar-refractivity contribution in [3.05, 3.63) is 29.0 Å². The number of nitrogens with zero attached hydrogens (tertiary/aromatic N) is 2. The molecule has 0 amide bonds. The highest BCUT2D eigenvalue weighted by molar-refractivity contribution is 7.89. The SMILES string of the molecule is C[C@@H](C(=O)O)N1CCN(S(=O)(=O)c2ccc(F)c(Cl)c2)CC1. The van der Waals surface area contributed by atoms with Crippen molar-refractivity contribution in [1.82, 2.24) is 9.21 Å². The third-order valence-electron chi connectivity index (χ3n) is 3.71. The Balaban J connectivity index is 2.12. The number of rotatable bonds is 4. The van der Waals surface area contributed by atoms with Crippen molar-refractivity contribution in [1.29, 1.82) is 0 Å². The molecule has 0 aromatic heterocycles. The number of hydrogen-bond donors (Lipinski definition) is 1. The molecule has 122 valence electrons. The molecule has 1 aromatic rings. The molecule has 6 nitrogen and oxygen atoms in total. The molecule has 1 fully saturated rings. The third kappa shape index (κ3) is 3.40. The van der Waals surface area contributed by atoms with Gasteiger partial charge in [0.1, 0.15) is 11.9 Å². The minimum atomic E-state index is -3.76. The fraction of sp³-hybridized carbons (Fsp3) is 0.462. The lowest BCUT2D eigenvalue weighted by Crippen LogP contribution is -2.53. The minimum absolute atomic E-state index is 0.0707. The van der Waals surface area contributed by atoms with Crippen molar-refractivity contribution < 1.29 is 22.7 Å².